The van der Waals surface area contributed by atoms with Crippen molar-refractivity contribution in [3.63, 3.8) is 0 Å². The molecule has 150 valence electrons. The molecule has 0 aliphatic carbocycles. The van der Waals surface area contributed by atoms with E-state index in [0.29, 0.717) is 27.7 Å². The Balaban J connectivity index is 1.81. The fourth-order valence-corrected chi connectivity index (χ4v) is 3.33. The molecule has 0 fully saturated rings. The third-order valence-corrected chi connectivity index (χ3v) is 4.89. The fraction of sp³-hybridized carbons (Fsp3) is 0.0435. The molecule has 3 aromatic rings. The normalized spacial score (nSPS) is 13.8. The highest BCUT2D eigenvalue weighted by Gasteiger charge is 2.40. The van der Waals surface area contributed by atoms with Crippen molar-refractivity contribution >= 4 is 40.4 Å². The molecule has 0 radical (unpaired) electrons. The van der Waals surface area contributed by atoms with E-state index in [1.165, 1.54) is 25.3 Å². The lowest BCUT2D eigenvalue weighted by molar-refractivity contribution is -0.120. The quantitative estimate of drug-likeness (QED) is 0.595. The first kappa shape index (κ1) is 19.7. The summed E-state index contributed by atoms with van der Waals surface area (Å²) in [4.78, 5) is 27.6. The highest BCUT2D eigenvalue weighted by molar-refractivity contribution is 6.46. The van der Waals surface area contributed by atoms with Crippen molar-refractivity contribution in [3.8, 4) is 5.75 Å². The SMILES string of the molecule is COc1ccc(C2=C(Nc3cccc(F)c3)C(=O)N(c3ccc(Cl)cc3)C2=O)cc1. The van der Waals surface area contributed by atoms with E-state index in [1.807, 2.05) is 0 Å². The largest absolute Gasteiger partial charge is 0.497 e. The smallest absolute Gasteiger partial charge is 0.282 e. The van der Waals surface area contributed by atoms with Gasteiger partial charge in [-0.3, -0.25) is 9.59 Å². The molecule has 0 bridgehead atoms. The maximum Gasteiger partial charge on any atom is 0.282 e. The molecule has 30 heavy (non-hydrogen) atoms. The Kier molecular flexibility index (Phi) is 5.25. The number of imide groups is 1. The number of ether oxygens (including phenoxy) is 1. The number of carbonyl (C=O) groups excluding carboxylic acids is 2. The molecule has 4 rings (SSSR count). The van der Waals surface area contributed by atoms with Crippen LogP contribution in [0.3, 0.4) is 0 Å². The summed E-state index contributed by atoms with van der Waals surface area (Å²) < 4.78 is 18.8. The summed E-state index contributed by atoms with van der Waals surface area (Å²) in [5.74, 6) is -0.882. The molecular weight excluding hydrogens is 407 g/mol. The maximum atomic E-state index is 13.7. The molecule has 1 aliphatic rings. The monoisotopic (exact) mass is 422 g/mol. The molecule has 0 aromatic heterocycles. The summed E-state index contributed by atoms with van der Waals surface area (Å²) in [7, 11) is 1.54. The maximum absolute atomic E-state index is 13.7. The fourth-order valence-electron chi connectivity index (χ4n) is 3.21. The second-order valence-electron chi connectivity index (χ2n) is 6.54. The average molecular weight is 423 g/mol. The van der Waals surface area contributed by atoms with Gasteiger partial charge in [-0.05, 0) is 60.2 Å². The molecule has 1 N–H and O–H groups in total. The minimum atomic E-state index is -0.544. The van der Waals surface area contributed by atoms with Gasteiger partial charge in [0.15, 0.2) is 0 Å². The van der Waals surface area contributed by atoms with Crippen molar-refractivity contribution in [3.05, 3.63) is 94.9 Å². The molecule has 0 saturated heterocycles. The molecule has 5 nitrogen and oxygen atoms in total. The first-order valence-corrected chi connectivity index (χ1v) is 9.41. The van der Waals surface area contributed by atoms with Crippen LogP contribution in [0.5, 0.6) is 5.75 Å². The van der Waals surface area contributed by atoms with E-state index < -0.39 is 17.6 Å². The third-order valence-electron chi connectivity index (χ3n) is 4.64. The zero-order valence-electron chi connectivity index (χ0n) is 15.9. The molecule has 2 amide bonds. The number of halogens is 2. The molecule has 3 aromatic carbocycles. The second kappa shape index (κ2) is 8.00. The van der Waals surface area contributed by atoms with Crippen LogP contribution in [0.1, 0.15) is 5.56 Å². The van der Waals surface area contributed by atoms with E-state index >= 15 is 0 Å². The van der Waals surface area contributed by atoms with Gasteiger partial charge >= 0.3 is 0 Å². The predicted octanol–water partition coefficient (Wildman–Crippen LogP) is 4.88. The average Bonchev–Trinajstić information content (AvgIpc) is 2.98. The summed E-state index contributed by atoms with van der Waals surface area (Å²) in [5.41, 5.74) is 1.52. The first-order chi connectivity index (χ1) is 14.5. The summed E-state index contributed by atoms with van der Waals surface area (Å²) in [6.45, 7) is 0. The highest BCUT2D eigenvalue weighted by Crippen LogP contribution is 2.34. The minimum Gasteiger partial charge on any atom is -0.497 e. The molecule has 0 atom stereocenters. The lowest BCUT2D eigenvalue weighted by atomic mass is 10.0. The predicted molar refractivity (Wildman–Crippen MR) is 114 cm³/mol. The van der Waals surface area contributed by atoms with Gasteiger partial charge in [-0.1, -0.05) is 29.8 Å². The number of anilines is 2. The number of rotatable bonds is 5. The Labute approximate surface area is 177 Å². The Morgan fingerprint density at radius 3 is 2.27 bits per heavy atom. The van der Waals surface area contributed by atoms with Crippen molar-refractivity contribution in [2.45, 2.75) is 0 Å². The van der Waals surface area contributed by atoms with Crippen LogP contribution in [-0.4, -0.2) is 18.9 Å². The van der Waals surface area contributed by atoms with Crippen molar-refractivity contribution in [1.29, 1.82) is 0 Å². The number of hydrogen-bond acceptors (Lipinski definition) is 4. The van der Waals surface area contributed by atoms with Gasteiger partial charge in [0.05, 0.1) is 18.4 Å². The molecule has 7 heteroatoms. The molecule has 1 aliphatic heterocycles. The van der Waals surface area contributed by atoms with Crippen LogP contribution in [0.25, 0.3) is 5.57 Å². The van der Waals surface area contributed by atoms with E-state index in [9.17, 15) is 14.0 Å². The number of nitrogens with zero attached hydrogens (tertiary/aromatic N) is 1. The topological polar surface area (TPSA) is 58.6 Å². The second-order valence-corrected chi connectivity index (χ2v) is 6.97. The molecule has 1 heterocycles. The number of carbonyl (C=O) groups is 2. The van der Waals surface area contributed by atoms with E-state index in [-0.39, 0.29) is 11.3 Å². The van der Waals surface area contributed by atoms with Gasteiger partial charge in [-0.2, -0.15) is 0 Å². The third kappa shape index (κ3) is 3.65. The van der Waals surface area contributed by atoms with Gasteiger partial charge in [-0.25, -0.2) is 9.29 Å². The number of hydrogen-bond donors (Lipinski definition) is 1. The number of benzene rings is 3. The Morgan fingerprint density at radius 1 is 0.933 bits per heavy atom. The van der Waals surface area contributed by atoms with E-state index in [4.69, 9.17) is 16.3 Å². The lowest BCUT2D eigenvalue weighted by Crippen LogP contribution is -2.32. The van der Waals surface area contributed by atoms with Crippen molar-refractivity contribution in [1.82, 2.24) is 0 Å². The highest BCUT2D eigenvalue weighted by atomic mass is 35.5. The zero-order chi connectivity index (χ0) is 21.3. The lowest BCUT2D eigenvalue weighted by Gasteiger charge is -2.15. The zero-order valence-corrected chi connectivity index (χ0v) is 16.6. The Bertz CT molecular complexity index is 1160. The number of methoxy groups -OCH3 is 1. The molecule has 0 saturated carbocycles. The van der Waals surface area contributed by atoms with Crippen LogP contribution in [0.4, 0.5) is 15.8 Å². The van der Waals surface area contributed by atoms with Crippen molar-refractivity contribution in [2.75, 3.05) is 17.3 Å². The number of nitrogens with one attached hydrogen (secondary N) is 1. The van der Waals surface area contributed by atoms with Crippen LogP contribution < -0.4 is 15.0 Å². The van der Waals surface area contributed by atoms with E-state index in [1.54, 1.807) is 54.6 Å². The Hall–Kier alpha value is -3.64. The van der Waals surface area contributed by atoms with Gasteiger partial charge in [0.25, 0.3) is 11.8 Å². The van der Waals surface area contributed by atoms with E-state index in [0.717, 1.165) is 4.90 Å². The van der Waals surface area contributed by atoms with Crippen LogP contribution in [0.2, 0.25) is 5.02 Å². The van der Waals surface area contributed by atoms with E-state index in [2.05, 4.69) is 5.32 Å². The standard InChI is InChI=1S/C23H16ClFN2O3/c1-30-19-11-5-14(6-12-19)20-21(26-17-4-2-3-16(25)13-17)23(29)27(22(20)28)18-9-7-15(24)8-10-18/h2-13,26H,1H3. The molecule has 0 spiro atoms. The van der Waals surface area contributed by atoms with Gasteiger partial charge in [0.2, 0.25) is 0 Å². The molecular formula is C23H16ClFN2O3. The van der Waals surface area contributed by atoms with Crippen LogP contribution >= 0.6 is 11.6 Å². The minimum absolute atomic E-state index is 0.0608. The van der Waals surface area contributed by atoms with Gasteiger partial charge in [-0.15, -0.1) is 0 Å². The summed E-state index contributed by atoms with van der Waals surface area (Å²) >= 11 is 5.94. The van der Waals surface area contributed by atoms with Crippen LogP contribution in [0.15, 0.2) is 78.5 Å². The van der Waals surface area contributed by atoms with Crippen LogP contribution in [0, 0.1) is 5.82 Å². The first-order valence-electron chi connectivity index (χ1n) is 9.03. The molecule has 0 unspecified atom stereocenters. The van der Waals surface area contributed by atoms with Gasteiger partial charge in [0, 0.05) is 10.7 Å². The Morgan fingerprint density at radius 2 is 1.63 bits per heavy atom. The number of amides is 2. The summed E-state index contributed by atoms with van der Waals surface area (Å²) in [6.07, 6.45) is 0. The van der Waals surface area contributed by atoms with Gasteiger partial charge in [0.1, 0.15) is 17.3 Å². The van der Waals surface area contributed by atoms with Crippen LogP contribution in [-0.2, 0) is 9.59 Å². The summed E-state index contributed by atoms with van der Waals surface area (Å²) in [6, 6.07) is 18.8. The summed E-state index contributed by atoms with van der Waals surface area (Å²) in [5, 5.41) is 3.41. The van der Waals surface area contributed by atoms with Crippen molar-refractivity contribution < 1.29 is 18.7 Å². The van der Waals surface area contributed by atoms with Gasteiger partial charge < -0.3 is 10.1 Å². The van der Waals surface area contributed by atoms with Crippen molar-refractivity contribution in [2.24, 2.45) is 0 Å².